The molecule has 6 heteroatoms. The maximum Gasteiger partial charge on any atom is 0.407 e. The number of anilines is 2. The molecule has 6 nitrogen and oxygen atoms in total. The molecular formula is C26H27N3O3. The third kappa shape index (κ3) is 3.80. The average molecular weight is 430 g/mol. The van der Waals surface area contributed by atoms with Crippen molar-refractivity contribution in [3.8, 4) is 5.75 Å². The summed E-state index contributed by atoms with van der Waals surface area (Å²) in [6, 6.07) is 16.0. The summed E-state index contributed by atoms with van der Waals surface area (Å²) < 4.78 is 10.9. The molecule has 0 saturated carbocycles. The highest BCUT2D eigenvalue weighted by Crippen LogP contribution is 2.41. The fourth-order valence-electron chi connectivity index (χ4n) is 4.14. The lowest BCUT2D eigenvalue weighted by Gasteiger charge is -2.20. The van der Waals surface area contributed by atoms with Gasteiger partial charge in [-0.25, -0.2) is 9.78 Å². The first-order chi connectivity index (χ1) is 15.4. The zero-order valence-corrected chi connectivity index (χ0v) is 19.0. The maximum atomic E-state index is 11.4. The molecule has 0 aliphatic carbocycles. The Morgan fingerprint density at radius 3 is 2.53 bits per heavy atom. The monoisotopic (exact) mass is 429 g/mol. The van der Waals surface area contributed by atoms with Gasteiger partial charge in [-0.05, 0) is 55.7 Å². The smallest absolute Gasteiger partial charge is 0.407 e. The van der Waals surface area contributed by atoms with Gasteiger partial charge in [-0.15, -0.1) is 0 Å². The van der Waals surface area contributed by atoms with E-state index in [1.807, 2.05) is 42.5 Å². The number of fused-ring (bicyclic) bond motifs is 2. The second-order valence-corrected chi connectivity index (χ2v) is 7.79. The molecule has 1 heterocycles. The molecule has 0 radical (unpaired) electrons. The Labute approximate surface area is 187 Å². The van der Waals surface area contributed by atoms with E-state index in [1.54, 1.807) is 14.2 Å². The van der Waals surface area contributed by atoms with Crippen LogP contribution in [0.2, 0.25) is 0 Å². The topological polar surface area (TPSA) is 72.5 Å². The number of nitrogens with one attached hydrogen (secondary N) is 2. The van der Waals surface area contributed by atoms with Crippen LogP contribution in [0, 0.1) is 20.8 Å². The van der Waals surface area contributed by atoms with E-state index in [0.29, 0.717) is 0 Å². The van der Waals surface area contributed by atoms with Crippen molar-refractivity contribution >= 4 is 39.3 Å². The second-order valence-electron chi connectivity index (χ2n) is 7.79. The number of benzene rings is 3. The third-order valence-electron chi connectivity index (χ3n) is 5.84. The Morgan fingerprint density at radius 1 is 1.00 bits per heavy atom. The fraction of sp³-hybridized carbons (Fsp3) is 0.231. The predicted molar refractivity (Wildman–Crippen MR) is 129 cm³/mol. The lowest BCUT2D eigenvalue weighted by molar-refractivity contribution is 0.142. The van der Waals surface area contributed by atoms with Crippen molar-refractivity contribution in [1.82, 2.24) is 10.3 Å². The van der Waals surface area contributed by atoms with E-state index in [1.165, 1.54) is 0 Å². The summed E-state index contributed by atoms with van der Waals surface area (Å²) in [7, 11) is 3.24. The summed E-state index contributed by atoms with van der Waals surface area (Å²) in [6.07, 6.45) is -0.454. The number of nitrogens with zero attached hydrogens (tertiary/aromatic N) is 1. The van der Waals surface area contributed by atoms with E-state index in [4.69, 9.17) is 14.5 Å². The van der Waals surface area contributed by atoms with Gasteiger partial charge in [-0.3, -0.25) is 0 Å². The van der Waals surface area contributed by atoms with Gasteiger partial charge in [0.25, 0.3) is 0 Å². The van der Waals surface area contributed by atoms with Crippen LogP contribution < -0.4 is 15.4 Å². The standard InChI is InChI=1S/C26H27N3O3/c1-15-16(2)25(31-5)17(3)23-22(15)24(20-11-6-7-12-21(20)29-23)28-19-10-8-9-18(13-19)14-32-26(30)27-4/h6-13H,14H2,1-5H3,(H,27,30)(H,28,29). The zero-order valence-electron chi connectivity index (χ0n) is 19.0. The third-order valence-corrected chi connectivity index (χ3v) is 5.84. The van der Waals surface area contributed by atoms with Crippen molar-refractivity contribution in [2.75, 3.05) is 19.5 Å². The van der Waals surface area contributed by atoms with E-state index >= 15 is 0 Å². The lowest BCUT2D eigenvalue weighted by atomic mass is 9.95. The van der Waals surface area contributed by atoms with Gasteiger partial charge in [-0.2, -0.15) is 0 Å². The largest absolute Gasteiger partial charge is 0.496 e. The molecule has 0 saturated heterocycles. The molecule has 1 amide bonds. The van der Waals surface area contributed by atoms with Gasteiger partial charge in [0, 0.05) is 29.1 Å². The SMILES string of the molecule is CNC(=O)OCc1cccc(Nc2c3ccccc3nc3c(C)c(OC)c(C)c(C)c23)c1. The molecule has 0 unspecified atom stereocenters. The van der Waals surface area contributed by atoms with E-state index in [9.17, 15) is 4.79 Å². The number of aryl methyl sites for hydroxylation is 2. The van der Waals surface area contributed by atoms with Crippen molar-refractivity contribution in [3.63, 3.8) is 0 Å². The average Bonchev–Trinajstić information content (AvgIpc) is 2.81. The molecule has 0 atom stereocenters. The van der Waals surface area contributed by atoms with Gasteiger partial charge in [0.05, 0.1) is 23.8 Å². The van der Waals surface area contributed by atoms with Crippen LogP contribution in [-0.4, -0.2) is 25.2 Å². The Bertz CT molecular complexity index is 1330. The number of aromatic nitrogens is 1. The van der Waals surface area contributed by atoms with Crippen molar-refractivity contribution in [2.24, 2.45) is 0 Å². The van der Waals surface area contributed by atoms with Crippen LogP contribution >= 0.6 is 0 Å². The van der Waals surface area contributed by atoms with E-state index < -0.39 is 6.09 Å². The van der Waals surface area contributed by atoms with Gasteiger partial charge in [0.1, 0.15) is 12.4 Å². The number of hydrogen-bond acceptors (Lipinski definition) is 5. The van der Waals surface area contributed by atoms with Crippen molar-refractivity contribution in [2.45, 2.75) is 27.4 Å². The highest BCUT2D eigenvalue weighted by molar-refractivity contribution is 6.11. The number of carbonyl (C=O) groups excluding carboxylic acids is 1. The molecule has 1 aromatic heterocycles. The highest BCUT2D eigenvalue weighted by Gasteiger charge is 2.19. The lowest BCUT2D eigenvalue weighted by Crippen LogP contribution is -2.18. The Kier molecular flexibility index (Phi) is 5.86. The zero-order chi connectivity index (χ0) is 22.8. The molecule has 0 aliphatic rings. The molecule has 32 heavy (non-hydrogen) atoms. The number of methoxy groups -OCH3 is 1. The number of carbonyl (C=O) groups is 1. The van der Waals surface area contributed by atoms with Crippen LogP contribution in [0.25, 0.3) is 21.8 Å². The molecule has 0 bridgehead atoms. The van der Waals surface area contributed by atoms with Crippen LogP contribution in [-0.2, 0) is 11.3 Å². The van der Waals surface area contributed by atoms with Gasteiger partial charge >= 0.3 is 6.09 Å². The molecule has 2 N–H and O–H groups in total. The molecule has 0 aliphatic heterocycles. The van der Waals surface area contributed by atoms with Gasteiger partial charge < -0.3 is 20.1 Å². The maximum absolute atomic E-state index is 11.4. The normalized spacial score (nSPS) is 10.9. The van der Waals surface area contributed by atoms with Crippen molar-refractivity contribution in [3.05, 3.63) is 70.8 Å². The van der Waals surface area contributed by atoms with Crippen LogP contribution in [0.5, 0.6) is 5.75 Å². The van der Waals surface area contributed by atoms with Crippen LogP contribution in [0.15, 0.2) is 48.5 Å². The predicted octanol–water partition coefficient (Wildman–Crippen LogP) is 5.92. The number of pyridine rings is 1. The summed E-state index contributed by atoms with van der Waals surface area (Å²) in [4.78, 5) is 16.4. The summed E-state index contributed by atoms with van der Waals surface area (Å²) in [5.41, 5.74) is 7.89. The molecule has 0 fully saturated rings. The summed E-state index contributed by atoms with van der Waals surface area (Å²) in [5.74, 6) is 0.872. The molecule has 164 valence electrons. The first-order valence-corrected chi connectivity index (χ1v) is 10.5. The Balaban J connectivity index is 1.89. The van der Waals surface area contributed by atoms with Crippen LogP contribution in [0.1, 0.15) is 22.3 Å². The number of rotatable bonds is 5. The number of ether oxygens (including phenoxy) is 2. The number of amides is 1. The number of para-hydroxylation sites is 1. The highest BCUT2D eigenvalue weighted by atomic mass is 16.5. The van der Waals surface area contributed by atoms with E-state index in [2.05, 4.69) is 37.5 Å². The molecule has 0 spiro atoms. The van der Waals surface area contributed by atoms with Gasteiger partial charge in [0.2, 0.25) is 0 Å². The minimum absolute atomic E-state index is 0.196. The quantitative estimate of drug-likeness (QED) is 0.385. The fourth-order valence-corrected chi connectivity index (χ4v) is 4.14. The number of alkyl carbamates (subject to hydrolysis) is 1. The Morgan fingerprint density at radius 2 is 1.78 bits per heavy atom. The molecule has 3 aromatic carbocycles. The molecular weight excluding hydrogens is 402 g/mol. The first kappa shape index (κ1) is 21.4. The minimum Gasteiger partial charge on any atom is -0.496 e. The van der Waals surface area contributed by atoms with Gasteiger partial charge in [-0.1, -0.05) is 30.3 Å². The first-order valence-electron chi connectivity index (χ1n) is 10.5. The molecule has 4 rings (SSSR count). The van der Waals surface area contributed by atoms with Crippen LogP contribution in [0.3, 0.4) is 0 Å². The van der Waals surface area contributed by atoms with Crippen molar-refractivity contribution < 1.29 is 14.3 Å². The van der Waals surface area contributed by atoms with Crippen LogP contribution in [0.4, 0.5) is 16.2 Å². The van der Waals surface area contributed by atoms with E-state index in [0.717, 1.165) is 61.2 Å². The summed E-state index contributed by atoms with van der Waals surface area (Å²) >= 11 is 0. The summed E-state index contributed by atoms with van der Waals surface area (Å²) in [5, 5.41) is 8.21. The Hall–Kier alpha value is -3.80. The van der Waals surface area contributed by atoms with Gasteiger partial charge in [0.15, 0.2) is 0 Å². The second kappa shape index (κ2) is 8.75. The van der Waals surface area contributed by atoms with E-state index in [-0.39, 0.29) is 6.61 Å². The minimum atomic E-state index is -0.454. The number of hydrogen-bond donors (Lipinski definition) is 2. The summed E-state index contributed by atoms with van der Waals surface area (Å²) in [6.45, 7) is 6.43. The van der Waals surface area contributed by atoms with Crippen molar-refractivity contribution in [1.29, 1.82) is 0 Å². The molecule has 4 aromatic rings.